The van der Waals surface area contributed by atoms with Crippen molar-refractivity contribution in [2.24, 2.45) is 0 Å². The predicted octanol–water partition coefficient (Wildman–Crippen LogP) is -0.873. The third kappa shape index (κ3) is 17.8. The summed E-state index contributed by atoms with van der Waals surface area (Å²) < 4.78 is 4.97. The summed E-state index contributed by atoms with van der Waals surface area (Å²) in [5.41, 5.74) is 0. The maximum atomic E-state index is 8.24. The van der Waals surface area contributed by atoms with Crippen molar-refractivity contribution in [1.82, 2.24) is 0 Å². The van der Waals surface area contributed by atoms with E-state index in [4.69, 9.17) is 25.2 Å². The van der Waals surface area contributed by atoms with Crippen molar-refractivity contribution in [3.63, 3.8) is 0 Å². The number of ether oxygens (including phenoxy) is 1. The zero-order valence-electron chi connectivity index (χ0n) is 8.72. The van der Waals surface area contributed by atoms with Gasteiger partial charge in [0.05, 0.1) is 26.4 Å². The highest BCUT2D eigenvalue weighted by molar-refractivity contribution is 4.44. The summed E-state index contributed by atoms with van der Waals surface area (Å²) in [6, 6.07) is 0. The van der Waals surface area contributed by atoms with Crippen molar-refractivity contribution in [2.75, 3.05) is 33.0 Å². The Hall–Kier alpha value is -0.200. The van der Waals surface area contributed by atoms with Crippen LogP contribution in [0, 0.1) is 0 Å². The van der Waals surface area contributed by atoms with Crippen LogP contribution in [-0.4, -0.2) is 59.6 Å². The third-order valence-electron chi connectivity index (χ3n) is 1.30. The molecule has 0 aromatic heterocycles. The number of aliphatic hydroxyl groups is 4. The molecule has 0 radical (unpaired) electrons. The topological polar surface area (TPSA) is 90.2 Å². The highest BCUT2D eigenvalue weighted by Crippen LogP contribution is 1.85. The Balaban J connectivity index is 0. The van der Waals surface area contributed by atoms with E-state index in [1.807, 2.05) is 0 Å². The second-order valence-electron chi connectivity index (χ2n) is 2.71. The zero-order chi connectivity index (χ0) is 11.2. The maximum Gasteiger partial charge on any atom is 0.100 e. The fourth-order valence-corrected chi connectivity index (χ4v) is 0.471. The highest BCUT2D eigenvalue weighted by Gasteiger charge is 1.93. The predicted molar refractivity (Wildman–Crippen MR) is 53.0 cm³/mol. The van der Waals surface area contributed by atoms with Crippen LogP contribution >= 0.6 is 0 Å². The summed E-state index contributed by atoms with van der Waals surface area (Å²) >= 11 is 0. The van der Waals surface area contributed by atoms with Crippen molar-refractivity contribution in [1.29, 1.82) is 0 Å². The lowest BCUT2D eigenvalue weighted by Crippen LogP contribution is -2.15. The lowest BCUT2D eigenvalue weighted by atomic mass is 10.4. The molecule has 0 aromatic rings. The molecule has 0 spiro atoms. The van der Waals surface area contributed by atoms with Gasteiger partial charge >= 0.3 is 0 Å². The van der Waals surface area contributed by atoms with Crippen LogP contribution in [0.2, 0.25) is 0 Å². The number of rotatable bonds is 7. The van der Waals surface area contributed by atoms with E-state index in [-0.39, 0.29) is 19.8 Å². The molecule has 4 N–H and O–H groups in total. The minimum atomic E-state index is -0.954. The van der Waals surface area contributed by atoms with E-state index in [1.54, 1.807) is 0 Å². The average molecular weight is 210 g/mol. The first-order chi connectivity index (χ1) is 6.72. The summed E-state index contributed by atoms with van der Waals surface area (Å²) in [6.07, 6.45) is 1.30. The first-order valence-corrected chi connectivity index (χ1v) is 4.81. The Bertz CT molecular complexity index is 79.3. The quantitative estimate of drug-likeness (QED) is 0.410. The lowest BCUT2D eigenvalue weighted by Gasteiger charge is -1.97. The summed E-state index contributed by atoms with van der Waals surface area (Å²) in [5.74, 6) is 0. The van der Waals surface area contributed by atoms with Gasteiger partial charge in [-0.25, -0.2) is 0 Å². The minimum absolute atomic E-state index is 0.143. The van der Waals surface area contributed by atoms with E-state index in [1.165, 1.54) is 0 Å². The van der Waals surface area contributed by atoms with E-state index in [2.05, 4.69) is 6.92 Å². The normalized spacial score (nSPS) is 9.86. The van der Waals surface area contributed by atoms with Gasteiger partial charge in [0.15, 0.2) is 0 Å². The smallest absolute Gasteiger partial charge is 0.100 e. The maximum absolute atomic E-state index is 8.24. The number of aliphatic hydroxyl groups excluding tert-OH is 4. The molecule has 0 saturated heterocycles. The third-order valence-corrected chi connectivity index (χ3v) is 1.30. The molecular formula is C9H22O5. The molecule has 88 valence electrons. The fourth-order valence-electron chi connectivity index (χ4n) is 0.471. The van der Waals surface area contributed by atoms with Crippen LogP contribution in [-0.2, 0) is 4.74 Å². The molecule has 0 fully saturated rings. The molecule has 0 atom stereocenters. The van der Waals surface area contributed by atoms with Gasteiger partial charge in [0.1, 0.15) is 6.10 Å². The number of hydrogen-bond acceptors (Lipinski definition) is 5. The van der Waals surface area contributed by atoms with E-state index >= 15 is 0 Å². The fraction of sp³-hybridized carbons (Fsp3) is 1.00. The molecule has 0 aromatic carbocycles. The largest absolute Gasteiger partial charge is 0.394 e. The molecule has 0 bridgehead atoms. The Morgan fingerprint density at radius 2 is 1.64 bits per heavy atom. The summed E-state index contributed by atoms with van der Waals surface area (Å²) in [5, 5.41) is 32.3. The zero-order valence-corrected chi connectivity index (χ0v) is 8.72. The Labute approximate surface area is 85.0 Å². The van der Waals surface area contributed by atoms with Crippen molar-refractivity contribution in [3.05, 3.63) is 0 Å². The van der Waals surface area contributed by atoms with Crippen LogP contribution in [0.1, 0.15) is 19.8 Å². The van der Waals surface area contributed by atoms with E-state index in [0.717, 1.165) is 19.4 Å². The van der Waals surface area contributed by atoms with Crippen LogP contribution in [0.4, 0.5) is 0 Å². The molecule has 0 saturated carbocycles. The Morgan fingerprint density at radius 1 is 1.07 bits per heavy atom. The van der Waals surface area contributed by atoms with Gasteiger partial charge in [-0.15, -0.1) is 0 Å². The minimum Gasteiger partial charge on any atom is -0.394 e. The lowest BCUT2D eigenvalue weighted by molar-refractivity contribution is 0.0450. The molecule has 0 heterocycles. The van der Waals surface area contributed by atoms with E-state index in [9.17, 15) is 0 Å². The molecular weight excluding hydrogens is 188 g/mol. The number of hydrogen-bond donors (Lipinski definition) is 4. The Kier molecular flexibility index (Phi) is 17.7. The average Bonchev–Trinajstić information content (AvgIpc) is 2.24. The monoisotopic (exact) mass is 210 g/mol. The highest BCUT2D eigenvalue weighted by atomic mass is 16.5. The molecule has 0 unspecified atom stereocenters. The summed E-state index contributed by atoms with van der Waals surface area (Å²) in [4.78, 5) is 0. The van der Waals surface area contributed by atoms with Crippen molar-refractivity contribution < 1.29 is 25.2 Å². The van der Waals surface area contributed by atoms with Gasteiger partial charge in [0, 0.05) is 6.61 Å². The molecule has 0 aliphatic rings. The van der Waals surface area contributed by atoms with Gasteiger partial charge in [-0.05, 0) is 6.42 Å². The molecule has 0 aliphatic heterocycles. The van der Waals surface area contributed by atoms with Gasteiger partial charge in [0.25, 0.3) is 0 Å². The van der Waals surface area contributed by atoms with Crippen molar-refractivity contribution >= 4 is 0 Å². The van der Waals surface area contributed by atoms with E-state index in [0.29, 0.717) is 6.61 Å². The molecule has 5 heteroatoms. The molecule has 0 aliphatic carbocycles. The molecule has 0 rings (SSSR count). The summed E-state index contributed by atoms with van der Waals surface area (Å²) in [6.45, 7) is 2.80. The summed E-state index contributed by atoms with van der Waals surface area (Å²) in [7, 11) is 0. The van der Waals surface area contributed by atoms with Crippen LogP contribution < -0.4 is 0 Å². The van der Waals surface area contributed by atoms with Gasteiger partial charge in [-0.1, -0.05) is 13.3 Å². The van der Waals surface area contributed by atoms with Crippen molar-refractivity contribution in [2.45, 2.75) is 25.9 Å². The molecule has 5 nitrogen and oxygen atoms in total. The van der Waals surface area contributed by atoms with Gasteiger partial charge in [-0.2, -0.15) is 0 Å². The van der Waals surface area contributed by atoms with Crippen LogP contribution in [0.25, 0.3) is 0 Å². The van der Waals surface area contributed by atoms with Crippen LogP contribution in [0.3, 0.4) is 0 Å². The van der Waals surface area contributed by atoms with Crippen LogP contribution in [0.15, 0.2) is 0 Å². The van der Waals surface area contributed by atoms with Crippen molar-refractivity contribution in [3.8, 4) is 0 Å². The van der Waals surface area contributed by atoms with Crippen LogP contribution in [0.5, 0.6) is 0 Å². The molecule has 14 heavy (non-hydrogen) atoms. The van der Waals surface area contributed by atoms with E-state index < -0.39 is 6.10 Å². The van der Waals surface area contributed by atoms with Gasteiger partial charge in [0.2, 0.25) is 0 Å². The number of unbranched alkanes of at least 4 members (excludes halogenated alkanes) is 1. The molecule has 0 amide bonds. The second-order valence-corrected chi connectivity index (χ2v) is 2.71. The standard InChI is InChI=1S/C6H14O2.C3H8O3/c1-2-3-5-8-6-4-7;4-1-3(6)2-5/h7H,2-6H2,1H3;3-6H,1-2H2. The Morgan fingerprint density at radius 3 is 1.93 bits per heavy atom. The first kappa shape index (κ1) is 16.2. The van der Waals surface area contributed by atoms with Gasteiger partial charge in [-0.3, -0.25) is 0 Å². The second kappa shape index (κ2) is 15.3. The first-order valence-electron chi connectivity index (χ1n) is 4.81. The van der Waals surface area contributed by atoms with Gasteiger partial charge < -0.3 is 25.2 Å². The SMILES string of the molecule is CCCCOCCO.OCC(O)CO.